The van der Waals surface area contributed by atoms with Gasteiger partial charge in [-0.15, -0.1) is 0 Å². The smallest absolute Gasteiger partial charge is 0.0721 e. The predicted octanol–water partition coefficient (Wildman–Crippen LogP) is 5.68. The Balaban J connectivity index is 1.65. The van der Waals surface area contributed by atoms with E-state index in [4.69, 9.17) is 4.74 Å². The summed E-state index contributed by atoms with van der Waals surface area (Å²) in [6.45, 7) is 0.672. The lowest BCUT2D eigenvalue weighted by molar-refractivity contribution is 0.0356. The van der Waals surface area contributed by atoms with E-state index in [0.717, 1.165) is 21.8 Å². The lowest BCUT2D eigenvalue weighted by atomic mass is 10.0. The Labute approximate surface area is 143 Å². The molecule has 0 heterocycles. The molecule has 1 aliphatic rings. The highest BCUT2D eigenvalue weighted by Gasteiger charge is 2.17. The first-order chi connectivity index (χ1) is 10.2. The number of benzene rings is 2. The molecule has 0 bridgehead atoms. The summed E-state index contributed by atoms with van der Waals surface area (Å²) in [5, 5.41) is 0. The fraction of sp³-hybridized carbons (Fsp3) is 0.333. The van der Waals surface area contributed by atoms with E-state index in [-0.39, 0.29) is 0 Å². The van der Waals surface area contributed by atoms with Crippen LogP contribution in [0.1, 0.15) is 29.5 Å². The Morgan fingerprint density at radius 3 is 2.48 bits per heavy atom. The maximum absolute atomic E-state index is 6.17. The predicted molar refractivity (Wildman–Crippen MR) is 93.5 cm³/mol. The Bertz CT molecular complexity index is 604. The van der Waals surface area contributed by atoms with Crippen LogP contribution in [0.2, 0.25) is 0 Å². The van der Waals surface area contributed by atoms with Crippen LogP contribution in [0.4, 0.5) is 0 Å². The van der Waals surface area contributed by atoms with Crippen molar-refractivity contribution in [3.8, 4) is 0 Å². The van der Waals surface area contributed by atoms with E-state index >= 15 is 0 Å². The molecule has 0 radical (unpaired) electrons. The van der Waals surface area contributed by atoms with E-state index in [1.807, 2.05) is 6.07 Å². The van der Waals surface area contributed by atoms with Crippen molar-refractivity contribution >= 4 is 31.9 Å². The van der Waals surface area contributed by atoms with Gasteiger partial charge in [0.05, 0.1) is 12.7 Å². The normalized spacial score (nSPS) is 18.1. The van der Waals surface area contributed by atoms with E-state index in [0.29, 0.717) is 12.7 Å². The zero-order valence-electron chi connectivity index (χ0n) is 11.8. The van der Waals surface area contributed by atoms with Crippen LogP contribution >= 0.6 is 31.9 Å². The van der Waals surface area contributed by atoms with E-state index in [9.17, 15) is 0 Å². The Morgan fingerprint density at radius 1 is 1.00 bits per heavy atom. The summed E-state index contributed by atoms with van der Waals surface area (Å²) in [5.41, 5.74) is 4.15. The molecule has 3 rings (SSSR count). The van der Waals surface area contributed by atoms with Gasteiger partial charge in [-0.2, -0.15) is 0 Å². The average Bonchev–Trinajstić information content (AvgIpc) is 2.66. The number of ether oxygens (including phenoxy) is 1. The molecule has 0 saturated carbocycles. The monoisotopic (exact) mass is 408 g/mol. The molecular formula is C18H18Br2O. The first kappa shape index (κ1) is 15.3. The van der Waals surface area contributed by atoms with Gasteiger partial charge < -0.3 is 4.74 Å². The van der Waals surface area contributed by atoms with Crippen LogP contribution in [0.5, 0.6) is 0 Å². The minimum atomic E-state index is 0.325. The molecule has 2 aromatic rings. The Morgan fingerprint density at radius 2 is 1.71 bits per heavy atom. The molecule has 0 spiro atoms. The number of hydrogen-bond acceptors (Lipinski definition) is 1. The second-order valence-corrected chi connectivity index (χ2v) is 7.41. The molecule has 0 aromatic heterocycles. The lowest BCUT2D eigenvalue weighted by Gasteiger charge is -2.16. The van der Waals surface area contributed by atoms with Gasteiger partial charge in [-0.25, -0.2) is 0 Å². The standard InChI is InChI=1S/C18H18Br2O/c19-16-8-13(9-17(20)11-16)12-21-18-7-3-6-14-4-1-2-5-15(14)10-18/h1-2,4-5,8-9,11,18H,3,6-7,10,12H2. The zero-order valence-corrected chi connectivity index (χ0v) is 15.0. The molecule has 0 amide bonds. The molecule has 0 saturated heterocycles. The summed E-state index contributed by atoms with van der Waals surface area (Å²) >= 11 is 7.05. The van der Waals surface area contributed by atoms with Crippen molar-refractivity contribution in [1.82, 2.24) is 0 Å². The second-order valence-electron chi connectivity index (χ2n) is 5.58. The molecule has 0 fully saturated rings. The molecule has 3 heteroatoms. The molecule has 0 N–H and O–H groups in total. The van der Waals surface area contributed by atoms with Crippen LogP contribution in [0.3, 0.4) is 0 Å². The topological polar surface area (TPSA) is 9.23 Å². The van der Waals surface area contributed by atoms with Gasteiger partial charge in [0.1, 0.15) is 0 Å². The third-order valence-corrected chi connectivity index (χ3v) is 4.86. The highest BCUT2D eigenvalue weighted by molar-refractivity contribution is 9.11. The average molecular weight is 410 g/mol. The highest BCUT2D eigenvalue weighted by atomic mass is 79.9. The molecule has 1 unspecified atom stereocenters. The maximum Gasteiger partial charge on any atom is 0.0721 e. The number of halogens is 2. The minimum absolute atomic E-state index is 0.325. The number of rotatable bonds is 3. The molecule has 1 nitrogen and oxygen atoms in total. The summed E-state index contributed by atoms with van der Waals surface area (Å²) in [6, 6.07) is 15.1. The molecule has 0 aliphatic heterocycles. The summed E-state index contributed by atoms with van der Waals surface area (Å²) in [4.78, 5) is 0. The third kappa shape index (κ3) is 4.18. The first-order valence-electron chi connectivity index (χ1n) is 7.34. The van der Waals surface area contributed by atoms with Crippen LogP contribution in [0, 0.1) is 0 Å². The van der Waals surface area contributed by atoms with E-state index in [1.165, 1.54) is 29.5 Å². The van der Waals surface area contributed by atoms with Gasteiger partial charge in [-0.1, -0.05) is 56.1 Å². The van der Waals surface area contributed by atoms with Crippen molar-refractivity contribution in [2.24, 2.45) is 0 Å². The minimum Gasteiger partial charge on any atom is -0.373 e. The van der Waals surface area contributed by atoms with E-state index in [2.05, 4.69) is 68.3 Å². The van der Waals surface area contributed by atoms with E-state index < -0.39 is 0 Å². The Hall–Kier alpha value is -0.640. The zero-order chi connectivity index (χ0) is 14.7. The fourth-order valence-electron chi connectivity index (χ4n) is 2.92. The molecule has 1 aliphatic carbocycles. The van der Waals surface area contributed by atoms with Crippen molar-refractivity contribution in [2.75, 3.05) is 0 Å². The summed E-state index contributed by atoms with van der Waals surface area (Å²) < 4.78 is 8.34. The van der Waals surface area contributed by atoms with Crippen molar-refractivity contribution in [3.05, 3.63) is 68.1 Å². The fourth-order valence-corrected chi connectivity index (χ4v) is 4.31. The summed E-state index contributed by atoms with van der Waals surface area (Å²) in [6.07, 6.45) is 4.89. The summed E-state index contributed by atoms with van der Waals surface area (Å²) in [5.74, 6) is 0. The van der Waals surface area contributed by atoms with Crippen molar-refractivity contribution in [3.63, 3.8) is 0 Å². The van der Waals surface area contributed by atoms with Crippen molar-refractivity contribution in [1.29, 1.82) is 0 Å². The van der Waals surface area contributed by atoms with Gasteiger partial charge in [0.15, 0.2) is 0 Å². The first-order valence-corrected chi connectivity index (χ1v) is 8.92. The second kappa shape index (κ2) is 7.08. The number of aryl methyl sites for hydroxylation is 1. The molecule has 110 valence electrons. The van der Waals surface area contributed by atoms with Crippen molar-refractivity contribution < 1.29 is 4.74 Å². The maximum atomic E-state index is 6.17. The molecule has 2 aromatic carbocycles. The van der Waals surface area contributed by atoms with Gasteiger partial charge in [0.2, 0.25) is 0 Å². The van der Waals surface area contributed by atoms with Crippen LogP contribution in [0.25, 0.3) is 0 Å². The van der Waals surface area contributed by atoms with Crippen LogP contribution < -0.4 is 0 Å². The van der Waals surface area contributed by atoms with Crippen LogP contribution in [0.15, 0.2) is 51.4 Å². The van der Waals surface area contributed by atoms with Gasteiger partial charge in [-0.05, 0) is 60.6 Å². The largest absolute Gasteiger partial charge is 0.373 e. The molecular weight excluding hydrogens is 392 g/mol. The quantitative estimate of drug-likeness (QED) is 0.593. The molecule has 21 heavy (non-hydrogen) atoms. The lowest BCUT2D eigenvalue weighted by Crippen LogP contribution is -2.15. The van der Waals surface area contributed by atoms with Crippen LogP contribution in [-0.4, -0.2) is 6.10 Å². The van der Waals surface area contributed by atoms with Crippen molar-refractivity contribution in [2.45, 2.75) is 38.4 Å². The van der Waals surface area contributed by atoms with Gasteiger partial charge in [-0.3, -0.25) is 0 Å². The van der Waals surface area contributed by atoms with Gasteiger partial charge >= 0.3 is 0 Å². The Kier molecular flexibility index (Phi) is 5.15. The van der Waals surface area contributed by atoms with Gasteiger partial charge in [0, 0.05) is 8.95 Å². The molecule has 1 atom stereocenters. The van der Waals surface area contributed by atoms with E-state index in [1.54, 1.807) is 0 Å². The number of hydrogen-bond donors (Lipinski definition) is 0. The summed E-state index contributed by atoms with van der Waals surface area (Å²) in [7, 11) is 0. The highest BCUT2D eigenvalue weighted by Crippen LogP contribution is 2.25. The SMILES string of the molecule is Brc1cc(Br)cc(COC2CCCc3ccccc3C2)c1. The van der Waals surface area contributed by atoms with Gasteiger partial charge in [0.25, 0.3) is 0 Å². The van der Waals surface area contributed by atoms with Crippen LogP contribution in [-0.2, 0) is 24.2 Å². The number of fused-ring (bicyclic) bond motifs is 1. The third-order valence-electron chi connectivity index (χ3n) is 3.95.